The van der Waals surface area contributed by atoms with Crippen molar-refractivity contribution in [1.82, 2.24) is 9.97 Å². The van der Waals surface area contributed by atoms with Crippen molar-refractivity contribution in [1.29, 1.82) is 0 Å². The van der Waals surface area contributed by atoms with Gasteiger partial charge in [0, 0.05) is 47.6 Å². The van der Waals surface area contributed by atoms with Crippen LogP contribution in [0.1, 0.15) is 29.0 Å². The number of sulfonamides is 1. The molecule has 4 heterocycles. The maximum atomic E-state index is 12.7. The number of thiazole rings is 2. The molecule has 250 valence electrons. The maximum absolute atomic E-state index is 12.7. The van der Waals surface area contributed by atoms with Crippen molar-refractivity contribution in [3.8, 4) is 5.75 Å². The number of aryl methyl sites for hydroxylation is 2. The van der Waals surface area contributed by atoms with Gasteiger partial charge in [-0.15, -0.1) is 22.7 Å². The fraction of sp³-hybridized carbons (Fsp3) is 0.242. The Morgan fingerprint density at radius 2 is 1.62 bits per heavy atom. The average molecular weight is 724 g/mol. The van der Waals surface area contributed by atoms with Crippen molar-refractivity contribution in [3.63, 3.8) is 0 Å². The molecule has 7 rings (SSSR count). The molecule has 0 atom stereocenters. The normalized spacial score (nSPS) is 14.0. The van der Waals surface area contributed by atoms with E-state index in [1.807, 2.05) is 24.3 Å². The molecule has 0 spiro atoms. The molecule has 0 saturated heterocycles. The minimum atomic E-state index is -3.73. The second kappa shape index (κ2) is 14.8. The van der Waals surface area contributed by atoms with Crippen LogP contribution in [0.25, 0.3) is 0 Å². The van der Waals surface area contributed by atoms with Gasteiger partial charge in [-0.25, -0.2) is 26.8 Å². The predicted octanol–water partition coefficient (Wildman–Crippen LogP) is 5.78. The second-order valence-electron chi connectivity index (χ2n) is 11.0. The van der Waals surface area contributed by atoms with Crippen molar-refractivity contribution >= 4 is 64.9 Å². The average Bonchev–Trinajstić information content (AvgIpc) is 3.81. The number of fused-ring (bicyclic) bond motifs is 2. The van der Waals surface area contributed by atoms with Crippen LogP contribution in [0.4, 0.5) is 16.5 Å². The maximum Gasteiger partial charge on any atom is 0.264 e. The van der Waals surface area contributed by atoms with Crippen LogP contribution in [-0.4, -0.2) is 52.4 Å². The van der Waals surface area contributed by atoms with E-state index in [0.717, 1.165) is 48.3 Å². The van der Waals surface area contributed by atoms with Gasteiger partial charge in [-0.1, -0.05) is 18.2 Å². The molecule has 48 heavy (non-hydrogen) atoms. The number of nitrogens with one attached hydrogen (secondary N) is 2. The number of benzene rings is 3. The van der Waals surface area contributed by atoms with Gasteiger partial charge in [-0.2, -0.15) is 0 Å². The molecule has 15 heteroatoms. The molecule has 0 fully saturated rings. The molecule has 1 amide bonds. The molecule has 5 aromatic rings. The Morgan fingerprint density at radius 3 is 2.40 bits per heavy atom. The van der Waals surface area contributed by atoms with Gasteiger partial charge in [0.05, 0.1) is 9.79 Å². The first-order valence-corrected chi connectivity index (χ1v) is 20.1. The first kappa shape index (κ1) is 33.6. The van der Waals surface area contributed by atoms with Crippen molar-refractivity contribution in [2.45, 2.75) is 41.2 Å². The van der Waals surface area contributed by atoms with Crippen molar-refractivity contribution in [2.24, 2.45) is 0 Å². The minimum Gasteiger partial charge on any atom is -0.484 e. The highest BCUT2D eigenvalue weighted by molar-refractivity contribution is 7.93. The summed E-state index contributed by atoms with van der Waals surface area (Å²) in [6.45, 7) is 1.46. The predicted molar refractivity (Wildman–Crippen MR) is 188 cm³/mol. The molecule has 2 aliphatic rings. The van der Waals surface area contributed by atoms with Gasteiger partial charge in [-0.3, -0.25) is 9.52 Å². The van der Waals surface area contributed by atoms with E-state index in [0.29, 0.717) is 33.7 Å². The lowest BCUT2D eigenvalue weighted by atomic mass is 10.0. The van der Waals surface area contributed by atoms with E-state index in [1.165, 1.54) is 34.9 Å². The molecule has 3 aromatic carbocycles. The number of amides is 1. The number of aromatic nitrogens is 2. The van der Waals surface area contributed by atoms with Gasteiger partial charge in [0.2, 0.25) is 0 Å². The summed E-state index contributed by atoms with van der Waals surface area (Å²) in [7, 11) is -7.03. The van der Waals surface area contributed by atoms with E-state index in [9.17, 15) is 21.6 Å². The number of anilines is 3. The summed E-state index contributed by atoms with van der Waals surface area (Å²) in [6.07, 6.45) is 6.61. The molecule has 0 aliphatic carbocycles. The van der Waals surface area contributed by atoms with Crippen molar-refractivity contribution in [3.05, 3.63) is 106 Å². The molecule has 2 aliphatic heterocycles. The summed E-state index contributed by atoms with van der Waals surface area (Å²) < 4.78 is 57.9. The Balaban J connectivity index is 0.000000182. The summed E-state index contributed by atoms with van der Waals surface area (Å²) in [5.74, 6) is 0.454. The third-order valence-corrected chi connectivity index (χ3v) is 12.5. The fourth-order valence-corrected chi connectivity index (χ4v) is 9.54. The number of hydrogen-bond donors (Lipinski definition) is 2. The summed E-state index contributed by atoms with van der Waals surface area (Å²) in [5.41, 5.74) is 3.70. The Hall–Kier alpha value is -4.31. The fourth-order valence-electron chi connectivity index (χ4n) is 5.40. The van der Waals surface area contributed by atoms with Gasteiger partial charge in [0.25, 0.3) is 15.9 Å². The highest BCUT2D eigenvalue weighted by Crippen LogP contribution is 2.31. The zero-order valence-corrected chi connectivity index (χ0v) is 29.0. The number of ether oxygens (including phenoxy) is 1. The van der Waals surface area contributed by atoms with E-state index in [-0.39, 0.29) is 23.2 Å². The molecule has 11 nitrogen and oxygen atoms in total. The number of para-hydroxylation sites is 1. The molecule has 0 bridgehead atoms. The third kappa shape index (κ3) is 8.21. The van der Waals surface area contributed by atoms with Crippen molar-refractivity contribution < 1.29 is 26.4 Å². The van der Waals surface area contributed by atoms with Gasteiger partial charge in [-0.05, 0) is 85.3 Å². The van der Waals surface area contributed by atoms with E-state index in [1.54, 1.807) is 58.3 Å². The van der Waals surface area contributed by atoms with Crippen LogP contribution >= 0.6 is 22.7 Å². The first-order valence-electron chi connectivity index (χ1n) is 15.2. The van der Waals surface area contributed by atoms with Gasteiger partial charge >= 0.3 is 0 Å². The Kier molecular flexibility index (Phi) is 10.4. The topological polar surface area (TPSA) is 148 Å². The van der Waals surface area contributed by atoms with Crippen LogP contribution < -0.4 is 19.7 Å². The minimum absolute atomic E-state index is 0.0170. The van der Waals surface area contributed by atoms with E-state index in [2.05, 4.69) is 20.0 Å². The lowest BCUT2D eigenvalue weighted by Gasteiger charge is -2.29. The number of carbonyl (C=O) groups excluding carboxylic acids is 1. The van der Waals surface area contributed by atoms with Gasteiger partial charge < -0.3 is 15.0 Å². The van der Waals surface area contributed by atoms with Crippen LogP contribution in [0.5, 0.6) is 5.75 Å². The first-order chi connectivity index (χ1) is 23.2. The second-order valence-corrected chi connectivity index (χ2v) is 16.6. The zero-order chi connectivity index (χ0) is 33.6. The van der Waals surface area contributed by atoms with Crippen LogP contribution in [-0.2, 0) is 43.2 Å². The number of rotatable bonds is 9. The largest absolute Gasteiger partial charge is 0.484 e. The molecule has 2 aromatic heterocycles. The molecular weight excluding hydrogens is 691 g/mol. The molecular formula is C33H33N5O6S4. The molecule has 0 radical (unpaired) electrons. The van der Waals surface area contributed by atoms with E-state index < -0.39 is 19.9 Å². The van der Waals surface area contributed by atoms with Crippen LogP contribution in [0.2, 0.25) is 0 Å². The van der Waals surface area contributed by atoms with Gasteiger partial charge in [0.1, 0.15) is 16.5 Å². The summed E-state index contributed by atoms with van der Waals surface area (Å²) in [5, 5.41) is 7.73. The zero-order valence-electron chi connectivity index (χ0n) is 25.7. The number of sulfone groups is 1. The monoisotopic (exact) mass is 723 g/mol. The Morgan fingerprint density at radius 1 is 0.875 bits per heavy atom. The molecule has 0 unspecified atom stereocenters. The lowest BCUT2D eigenvalue weighted by Crippen LogP contribution is -2.38. The lowest BCUT2D eigenvalue weighted by molar-refractivity contribution is -0.120. The summed E-state index contributed by atoms with van der Waals surface area (Å²) >= 11 is 2.58. The number of hydrogen-bond acceptors (Lipinski definition) is 11. The standard InChI is InChI=1S/C20H19N3O4S2.C13H14N2O2S2/c24-19(14-27-16-6-2-1-3-7-16)23-11-4-5-15-13-17(8-9-18(15)23)29(25,26)22-20-21-10-12-28-20;16-19(17,9-13-15-6-7-18-13)11-3-4-12-10(8-11)2-1-5-14-12/h1-3,6-10,12-13H,4-5,11,14H2,(H,21,22);3-4,6-8,14H,1-2,5,9H2. The van der Waals surface area contributed by atoms with Crippen LogP contribution in [0.3, 0.4) is 0 Å². The SMILES string of the molecule is O=C(COc1ccccc1)N1CCCc2cc(S(=O)(=O)Nc3nccs3)ccc21.O=S(=O)(Cc1nccs1)c1ccc2c(c1)CCCN2. The van der Waals surface area contributed by atoms with Crippen molar-refractivity contribution in [2.75, 3.05) is 34.6 Å². The Labute approximate surface area is 287 Å². The highest BCUT2D eigenvalue weighted by Gasteiger charge is 2.26. The van der Waals surface area contributed by atoms with Crippen LogP contribution in [0, 0.1) is 0 Å². The summed E-state index contributed by atoms with van der Waals surface area (Å²) in [4.78, 5) is 22.9. The van der Waals surface area contributed by atoms with E-state index in [4.69, 9.17) is 4.74 Å². The smallest absolute Gasteiger partial charge is 0.264 e. The third-order valence-electron chi connectivity index (χ3n) is 7.71. The van der Waals surface area contributed by atoms with Crippen LogP contribution in [0.15, 0.2) is 99.7 Å². The Bertz CT molecular complexity index is 2070. The highest BCUT2D eigenvalue weighted by atomic mass is 32.2. The van der Waals surface area contributed by atoms with Gasteiger partial charge in [0.15, 0.2) is 21.6 Å². The van der Waals surface area contributed by atoms with E-state index >= 15 is 0 Å². The quantitative estimate of drug-likeness (QED) is 0.193. The molecule has 0 saturated carbocycles. The number of nitrogens with zero attached hydrogens (tertiary/aromatic N) is 3. The molecule has 2 N–H and O–H groups in total. The summed E-state index contributed by atoms with van der Waals surface area (Å²) in [6, 6.07) is 19.3. The number of carbonyl (C=O) groups is 1.